The number of aromatic nitrogens is 1. The number of hydrogen-bond acceptors (Lipinski definition) is 7. The van der Waals surface area contributed by atoms with Gasteiger partial charge in [0.1, 0.15) is 0 Å². The lowest BCUT2D eigenvalue weighted by molar-refractivity contribution is -0.193. The smallest absolute Gasteiger partial charge is 0.475 e. The maximum absolute atomic E-state index is 10.6. The van der Waals surface area contributed by atoms with Crippen molar-refractivity contribution in [2.75, 3.05) is 44.3 Å². The van der Waals surface area contributed by atoms with Crippen molar-refractivity contribution in [2.24, 2.45) is 5.41 Å². The Kier molecular flexibility index (Phi) is 11.3. The van der Waals surface area contributed by atoms with Gasteiger partial charge in [-0.25, -0.2) is 9.59 Å². The molecule has 0 radical (unpaired) electrons. The SMILES string of the molecule is O=C(O)C(F)(F)F.O=C(O)C(F)(F)F.c1cncc(N2CCOCC3(CCCN(Cc4ccsc4)C3)C2)c1. The van der Waals surface area contributed by atoms with Crippen LogP contribution in [-0.4, -0.2) is 83.8 Å². The Bertz CT molecular complexity index is 983. The Morgan fingerprint density at radius 2 is 1.71 bits per heavy atom. The van der Waals surface area contributed by atoms with Crippen molar-refractivity contribution in [1.82, 2.24) is 9.88 Å². The number of likely N-dealkylation sites (tertiary alicyclic amines) is 1. The van der Waals surface area contributed by atoms with Crippen LogP contribution < -0.4 is 4.90 Å². The number of ether oxygens (including phenoxy) is 1. The van der Waals surface area contributed by atoms with Crippen molar-refractivity contribution in [3.8, 4) is 0 Å². The summed E-state index contributed by atoms with van der Waals surface area (Å²) in [5, 5.41) is 18.7. The molecule has 2 saturated heterocycles. The van der Waals surface area contributed by atoms with Crippen LogP contribution in [0.4, 0.5) is 32.0 Å². The number of piperidine rings is 1. The fourth-order valence-corrected chi connectivity index (χ4v) is 4.75. The number of halogens is 6. The summed E-state index contributed by atoms with van der Waals surface area (Å²) in [6.07, 6.45) is -3.83. The Hall–Kier alpha value is -2.91. The first-order valence-corrected chi connectivity index (χ1v) is 12.2. The largest absolute Gasteiger partial charge is 0.490 e. The highest BCUT2D eigenvalue weighted by atomic mass is 32.1. The van der Waals surface area contributed by atoms with Gasteiger partial charge in [-0.05, 0) is 53.9 Å². The lowest BCUT2D eigenvalue weighted by atomic mass is 9.80. The second-order valence-corrected chi connectivity index (χ2v) is 9.52. The average molecular weight is 572 g/mol. The van der Waals surface area contributed by atoms with E-state index in [-0.39, 0.29) is 5.41 Å². The number of nitrogens with zero attached hydrogens (tertiary/aromatic N) is 3. The molecule has 2 aliphatic rings. The van der Waals surface area contributed by atoms with Gasteiger partial charge in [0.15, 0.2) is 0 Å². The molecular weight excluding hydrogens is 544 g/mol. The molecule has 4 heterocycles. The minimum Gasteiger partial charge on any atom is -0.475 e. The Morgan fingerprint density at radius 3 is 2.24 bits per heavy atom. The van der Waals surface area contributed by atoms with Crippen LogP contribution in [0.2, 0.25) is 0 Å². The number of alkyl halides is 6. The molecule has 1 spiro atoms. The lowest BCUT2D eigenvalue weighted by Crippen LogP contribution is -2.50. The number of rotatable bonds is 3. The standard InChI is InChI=1S/C19H25N3OS.2C2HF3O2/c1-3-18(11-20-6-1)22-8-9-23-16-19(15-22)5-2-7-21(14-19)12-17-4-10-24-13-17;2*3-2(4,5)1(6)7/h1,3-4,6,10-11,13H,2,5,7-9,12,14-16H2;2*(H,6,7). The van der Waals surface area contributed by atoms with E-state index in [4.69, 9.17) is 24.5 Å². The molecule has 0 aliphatic carbocycles. The van der Waals surface area contributed by atoms with Crippen molar-refractivity contribution in [3.05, 3.63) is 46.9 Å². The van der Waals surface area contributed by atoms with Gasteiger partial charge in [0.2, 0.25) is 0 Å². The van der Waals surface area contributed by atoms with Crippen LogP contribution >= 0.6 is 11.3 Å². The molecule has 0 amide bonds. The van der Waals surface area contributed by atoms with Crippen LogP contribution in [0.25, 0.3) is 0 Å². The zero-order chi connectivity index (χ0) is 28.4. The van der Waals surface area contributed by atoms with Gasteiger partial charge < -0.3 is 19.8 Å². The zero-order valence-electron chi connectivity index (χ0n) is 20.0. The van der Waals surface area contributed by atoms with Crippen molar-refractivity contribution in [1.29, 1.82) is 0 Å². The lowest BCUT2D eigenvalue weighted by Gasteiger charge is -2.44. The fraction of sp³-hybridized carbons (Fsp3) is 0.522. The average Bonchev–Trinajstić information content (AvgIpc) is 3.26. The van der Waals surface area contributed by atoms with E-state index in [1.165, 1.54) is 30.6 Å². The van der Waals surface area contributed by atoms with E-state index in [1.807, 2.05) is 18.5 Å². The number of carboxylic acid groups (broad SMARTS) is 2. The number of anilines is 1. The molecule has 2 aromatic rings. The van der Waals surface area contributed by atoms with Gasteiger partial charge in [0.25, 0.3) is 0 Å². The predicted octanol–water partition coefficient (Wildman–Crippen LogP) is 4.53. The molecule has 1 unspecified atom stereocenters. The van der Waals surface area contributed by atoms with Gasteiger partial charge in [-0.15, -0.1) is 0 Å². The quantitative estimate of drug-likeness (QED) is 0.519. The summed E-state index contributed by atoms with van der Waals surface area (Å²) in [6.45, 7) is 7.10. The Labute approximate surface area is 218 Å². The molecule has 4 rings (SSSR count). The number of carbonyl (C=O) groups is 2. The van der Waals surface area contributed by atoms with E-state index < -0.39 is 24.3 Å². The van der Waals surface area contributed by atoms with Gasteiger partial charge in [0.05, 0.1) is 25.1 Å². The van der Waals surface area contributed by atoms with Crippen LogP contribution in [0.5, 0.6) is 0 Å². The van der Waals surface area contributed by atoms with Gasteiger partial charge in [0, 0.05) is 37.8 Å². The van der Waals surface area contributed by atoms with Crippen LogP contribution in [0, 0.1) is 5.41 Å². The highest BCUT2D eigenvalue weighted by Gasteiger charge is 2.40. The highest BCUT2D eigenvalue weighted by molar-refractivity contribution is 7.07. The summed E-state index contributed by atoms with van der Waals surface area (Å²) >= 11 is 1.79. The molecule has 0 saturated carbocycles. The molecule has 2 fully saturated rings. The third-order valence-electron chi connectivity index (χ3n) is 5.66. The second-order valence-electron chi connectivity index (χ2n) is 8.74. The van der Waals surface area contributed by atoms with E-state index in [2.05, 4.69) is 37.7 Å². The molecule has 0 bridgehead atoms. The summed E-state index contributed by atoms with van der Waals surface area (Å²) in [4.78, 5) is 27.2. The number of thiophene rings is 1. The molecule has 38 heavy (non-hydrogen) atoms. The third kappa shape index (κ3) is 10.5. The van der Waals surface area contributed by atoms with E-state index >= 15 is 0 Å². The van der Waals surface area contributed by atoms with Crippen LogP contribution in [0.1, 0.15) is 18.4 Å². The fourth-order valence-electron chi connectivity index (χ4n) is 4.09. The minimum atomic E-state index is -5.08. The molecule has 0 aromatic carbocycles. The summed E-state index contributed by atoms with van der Waals surface area (Å²) in [5.74, 6) is -5.51. The first-order chi connectivity index (χ1) is 17.7. The van der Waals surface area contributed by atoms with Crippen LogP contribution in [0.15, 0.2) is 41.4 Å². The summed E-state index contributed by atoms with van der Waals surface area (Å²) in [6, 6.07) is 6.44. The van der Waals surface area contributed by atoms with E-state index in [0.29, 0.717) is 0 Å². The van der Waals surface area contributed by atoms with Crippen LogP contribution in [0.3, 0.4) is 0 Å². The summed E-state index contributed by atoms with van der Waals surface area (Å²) in [7, 11) is 0. The molecule has 2 aliphatic heterocycles. The first kappa shape index (κ1) is 31.3. The normalized spacial score (nSPS) is 20.4. The van der Waals surface area contributed by atoms with Gasteiger partial charge in [-0.2, -0.15) is 37.7 Å². The van der Waals surface area contributed by atoms with Crippen molar-refractivity contribution in [2.45, 2.75) is 31.7 Å². The third-order valence-corrected chi connectivity index (χ3v) is 6.39. The second kappa shape index (κ2) is 13.8. The van der Waals surface area contributed by atoms with E-state index in [0.717, 1.165) is 39.4 Å². The number of aliphatic carboxylic acids is 2. The van der Waals surface area contributed by atoms with Gasteiger partial charge in [-0.3, -0.25) is 9.88 Å². The maximum atomic E-state index is 10.6. The van der Waals surface area contributed by atoms with E-state index in [9.17, 15) is 26.3 Å². The molecule has 8 nitrogen and oxygen atoms in total. The van der Waals surface area contributed by atoms with Gasteiger partial charge in [-0.1, -0.05) is 0 Å². The first-order valence-electron chi connectivity index (χ1n) is 11.3. The summed E-state index contributed by atoms with van der Waals surface area (Å²) < 4.78 is 69.5. The molecule has 1 atom stereocenters. The van der Waals surface area contributed by atoms with Crippen molar-refractivity contribution < 1.29 is 50.9 Å². The minimum absolute atomic E-state index is 0.237. The molecule has 2 N–H and O–H groups in total. The summed E-state index contributed by atoms with van der Waals surface area (Å²) in [5.41, 5.74) is 2.90. The maximum Gasteiger partial charge on any atom is 0.490 e. The van der Waals surface area contributed by atoms with Crippen molar-refractivity contribution >= 4 is 29.0 Å². The van der Waals surface area contributed by atoms with Crippen LogP contribution in [-0.2, 0) is 20.9 Å². The Morgan fingerprint density at radius 1 is 1.05 bits per heavy atom. The molecule has 212 valence electrons. The highest BCUT2D eigenvalue weighted by Crippen LogP contribution is 2.35. The number of pyridine rings is 1. The number of carboxylic acids is 2. The van der Waals surface area contributed by atoms with Crippen molar-refractivity contribution in [3.63, 3.8) is 0 Å². The molecule has 2 aromatic heterocycles. The molecular formula is C23H27F6N3O5S. The number of hydrogen-bond donors (Lipinski definition) is 2. The van der Waals surface area contributed by atoms with E-state index in [1.54, 1.807) is 11.3 Å². The Balaban J connectivity index is 0.000000301. The monoisotopic (exact) mass is 571 g/mol. The van der Waals surface area contributed by atoms with Gasteiger partial charge >= 0.3 is 24.3 Å². The predicted molar refractivity (Wildman–Crippen MR) is 126 cm³/mol. The molecule has 15 heteroatoms. The topological polar surface area (TPSA) is 103 Å². The zero-order valence-corrected chi connectivity index (χ0v) is 20.9.